The molecule has 0 radical (unpaired) electrons. The van der Waals surface area contributed by atoms with Crippen LogP contribution in [0.2, 0.25) is 0 Å². The third-order valence-electron chi connectivity index (χ3n) is 2.10. The largest absolute Gasteiger partial charge is 0.381 e. The molecule has 70 valence electrons. The molecular weight excluding hydrogens is 182 g/mol. The topological polar surface area (TPSA) is 12.0 Å². The first-order valence-corrected chi connectivity index (χ1v) is 4.74. The van der Waals surface area contributed by atoms with Crippen LogP contribution < -0.4 is 5.32 Å². The monoisotopic (exact) mass is 195 g/mol. The fourth-order valence-corrected chi connectivity index (χ4v) is 1.25. The van der Waals surface area contributed by atoms with Crippen molar-refractivity contribution in [1.29, 1.82) is 0 Å². The fraction of sp³-hybridized carbons (Fsp3) is 0.273. The molecule has 1 aromatic rings. The summed E-state index contributed by atoms with van der Waals surface area (Å²) in [6, 6.07) is 6.23. The zero-order chi connectivity index (χ0) is 9.68. The molecule has 0 unspecified atom stereocenters. The van der Waals surface area contributed by atoms with Gasteiger partial charge in [-0.25, -0.2) is 0 Å². The van der Waals surface area contributed by atoms with Gasteiger partial charge in [-0.1, -0.05) is 29.8 Å². The van der Waals surface area contributed by atoms with Gasteiger partial charge in [0.1, 0.15) is 0 Å². The van der Waals surface area contributed by atoms with E-state index in [0.29, 0.717) is 0 Å². The zero-order valence-electron chi connectivity index (χ0n) is 7.97. The molecule has 0 saturated heterocycles. The van der Waals surface area contributed by atoms with E-state index in [1.165, 1.54) is 22.3 Å². The van der Waals surface area contributed by atoms with Crippen molar-refractivity contribution < 1.29 is 0 Å². The fourth-order valence-electron chi connectivity index (χ4n) is 1.16. The molecule has 0 aliphatic rings. The van der Waals surface area contributed by atoms with Gasteiger partial charge in [-0.15, -0.1) is 0 Å². The lowest BCUT2D eigenvalue weighted by atomic mass is 10.1. The molecule has 1 aromatic carbocycles. The highest BCUT2D eigenvalue weighted by Crippen LogP contribution is 2.17. The molecule has 0 saturated carbocycles. The second kappa shape index (κ2) is 4.93. The first-order valence-electron chi connectivity index (χ1n) is 4.31. The van der Waals surface area contributed by atoms with Gasteiger partial charge < -0.3 is 5.32 Å². The Morgan fingerprint density at radius 3 is 2.85 bits per heavy atom. The van der Waals surface area contributed by atoms with Crippen LogP contribution in [0.1, 0.15) is 11.1 Å². The Bertz CT molecular complexity index is 305. The molecule has 0 fully saturated rings. The van der Waals surface area contributed by atoms with Crippen LogP contribution in [0.5, 0.6) is 0 Å². The Morgan fingerprint density at radius 2 is 2.15 bits per heavy atom. The SMILES string of the molecule is Cc1cccc(NC/C=C/Cl)c1C. The smallest absolute Gasteiger partial charge is 0.0375 e. The minimum absolute atomic E-state index is 0.772. The first kappa shape index (κ1) is 10.1. The highest BCUT2D eigenvalue weighted by Gasteiger charge is 1.97. The van der Waals surface area contributed by atoms with Crippen LogP contribution in [0.4, 0.5) is 5.69 Å². The summed E-state index contributed by atoms with van der Waals surface area (Å²) in [5.74, 6) is 0. The molecule has 0 heterocycles. The van der Waals surface area contributed by atoms with Crippen LogP contribution in [0.15, 0.2) is 29.8 Å². The predicted molar refractivity (Wildman–Crippen MR) is 59.4 cm³/mol. The first-order chi connectivity index (χ1) is 6.25. The minimum atomic E-state index is 0.772. The Morgan fingerprint density at radius 1 is 1.38 bits per heavy atom. The number of nitrogens with one attached hydrogen (secondary N) is 1. The third-order valence-corrected chi connectivity index (χ3v) is 2.28. The highest BCUT2D eigenvalue weighted by atomic mass is 35.5. The number of hydrogen-bond acceptors (Lipinski definition) is 1. The number of hydrogen-bond donors (Lipinski definition) is 1. The minimum Gasteiger partial charge on any atom is -0.381 e. The quantitative estimate of drug-likeness (QED) is 0.779. The molecule has 13 heavy (non-hydrogen) atoms. The van der Waals surface area contributed by atoms with Crippen molar-refractivity contribution in [2.75, 3.05) is 11.9 Å². The van der Waals surface area contributed by atoms with E-state index < -0.39 is 0 Å². The summed E-state index contributed by atoms with van der Waals surface area (Å²) < 4.78 is 0. The van der Waals surface area contributed by atoms with Gasteiger partial charge >= 0.3 is 0 Å². The highest BCUT2D eigenvalue weighted by molar-refractivity contribution is 6.25. The van der Waals surface area contributed by atoms with Gasteiger partial charge in [0.25, 0.3) is 0 Å². The molecule has 1 N–H and O–H groups in total. The molecule has 0 amide bonds. The molecular formula is C11H14ClN. The van der Waals surface area contributed by atoms with E-state index in [2.05, 4.69) is 37.4 Å². The Hall–Kier alpha value is -0.950. The predicted octanol–water partition coefficient (Wildman–Crippen LogP) is 3.47. The maximum Gasteiger partial charge on any atom is 0.0375 e. The number of rotatable bonds is 3. The van der Waals surface area contributed by atoms with E-state index in [1.54, 1.807) is 0 Å². The molecule has 0 aromatic heterocycles. The Balaban J connectivity index is 2.71. The van der Waals surface area contributed by atoms with Crippen molar-refractivity contribution in [1.82, 2.24) is 0 Å². The molecule has 0 atom stereocenters. The summed E-state index contributed by atoms with van der Waals surface area (Å²) in [4.78, 5) is 0. The lowest BCUT2D eigenvalue weighted by Gasteiger charge is -2.09. The molecule has 2 heteroatoms. The zero-order valence-corrected chi connectivity index (χ0v) is 8.73. The van der Waals surface area contributed by atoms with Gasteiger partial charge in [0.2, 0.25) is 0 Å². The summed E-state index contributed by atoms with van der Waals surface area (Å²) in [5.41, 5.74) is 5.30. The van der Waals surface area contributed by atoms with Crippen LogP contribution in [0.3, 0.4) is 0 Å². The number of aryl methyl sites for hydroxylation is 1. The summed E-state index contributed by atoms with van der Waals surface area (Å²) in [7, 11) is 0. The van der Waals surface area contributed by atoms with Gasteiger partial charge in [0.05, 0.1) is 0 Å². The van der Waals surface area contributed by atoms with Crippen molar-refractivity contribution in [2.24, 2.45) is 0 Å². The maximum atomic E-state index is 5.42. The van der Waals surface area contributed by atoms with E-state index in [0.717, 1.165) is 6.54 Å². The second-order valence-corrected chi connectivity index (χ2v) is 3.24. The maximum absolute atomic E-state index is 5.42. The van der Waals surface area contributed by atoms with Gasteiger partial charge in [0.15, 0.2) is 0 Å². The summed E-state index contributed by atoms with van der Waals surface area (Å²) in [6.45, 7) is 4.99. The molecule has 0 aliphatic carbocycles. The van der Waals surface area contributed by atoms with Crippen LogP contribution in [0, 0.1) is 13.8 Å². The van der Waals surface area contributed by atoms with E-state index >= 15 is 0 Å². The normalized spacial score (nSPS) is 10.7. The van der Waals surface area contributed by atoms with Gasteiger partial charge in [-0.3, -0.25) is 0 Å². The molecule has 1 rings (SSSR count). The van der Waals surface area contributed by atoms with Gasteiger partial charge in [-0.2, -0.15) is 0 Å². The van der Waals surface area contributed by atoms with Crippen molar-refractivity contribution in [3.8, 4) is 0 Å². The average Bonchev–Trinajstić information content (AvgIpc) is 2.13. The van der Waals surface area contributed by atoms with E-state index in [4.69, 9.17) is 11.6 Å². The molecule has 0 spiro atoms. The van der Waals surface area contributed by atoms with Crippen molar-refractivity contribution in [3.05, 3.63) is 40.9 Å². The van der Waals surface area contributed by atoms with Crippen LogP contribution >= 0.6 is 11.6 Å². The average molecular weight is 196 g/mol. The lowest BCUT2D eigenvalue weighted by Crippen LogP contribution is -2.00. The van der Waals surface area contributed by atoms with Crippen LogP contribution in [-0.2, 0) is 0 Å². The van der Waals surface area contributed by atoms with E-state index in [9.17, 15) is 0 Å². The van der Waals surface area contributed by atoms with Gasteiger partial charge in [0, 0.05) is 17.8 Å². The van der Waals surface area contributed by atoms with Crippen molar-refractivity contribution >= 4 is 17.3 Å². The molecule has 1 nitrogen and oxygen atoms in total. The van der Waals surface area contributed by atoms with E-state index in [-0.39, 0.29) is 0 Å². The lowest BCUT2D eigenvalue weighted by molar-refractivity contribution is 1.27. The van der Waals surface area contributed by atoms with E-state index in [1.807, 2.05) is 6.08 Å². The number of anilines is 1. The van der Waals surface area contributed by atoms with Crippen molar-refractivity contribution in [3.63, 3.8) is 0 Å². The Kier molecular flexibility index (Phi) is 3.84. The standard InChI is InChI=1S/C11H14ClN/c1-9-5-3-6-11(10(9)2)13-8-4-7-12/h3-7,13H,8H2,1-2H3/b7-4+. The number of halogens is 1. The summed E-state index contributed by atoms with van der Waals surface area (Å²) >= 11 is 5.42. The molecule has 0 aliphatic heterocycles. The number of benzene rings is 1. The van der Waals surface area contributed by atoms with Gasteiger partial charge in [-0.05, 0) is 31.0 Å². The second-order valence-electron chi connectivity index (χ2n) is 2.99. The summed E-state index contributed by atoms with van der Waals surface area (Å²) in [5, 5.41) is 3.28. The summed E-state index contributed by atoms with van der Waals surface area (Å²) in [6.07, 6.45) is 1.88. The Labute approximate surface area is 84.4 Å². The molecule has 0 bridgehead atoms. The van der Waals surface area contributed by atoms with Crippen molar-refractivity contribution in [2.45, 2.75) is 13.8 Å². The van der Waals surface area contributed by atoms with Crippen LogP contribution in [-0.4, -0.2) is 6.54 Å². The third kappa shape index (κ3) is 2.78. The van der Waals surface area contributed by atoms with Crippen LogP contribution in [0.25, 0.3) is 0 Å².